The predicted molar refractivity (Wildman–Crippen MR) is 63.4 cm³/mol. The summed E-state index contributed by atoms with van der Waals surface area (Å²) in [5, 5.41) is 0.939. The molecule has 84 valence electrons. The normalized spacial score (nSPS) is 12.9. The van der Waals surface area contributed by atoms with Crippen molar-refractivity contribution < 1.29 is 9.21 Å². The molecule has 0 bridgehead atoms. The van der Waals surface area contributed by atoms with Crippen molar-refractivity contribution in [1.29, 1.82) is 0 Å². The zero-order valence-electron chi connectivity index (χ0n) is 9.27. The fraction of sp³-hybridized carbons (Fsp3) is 0.308. The standard InChI is InChI=1S/C13H15NO2/c1-2-3-12(14)9-4-5-10-6-11(8-15)16-13(10)7-9/h4-8,12H,2-3,14H2,1H3. The molecule has 0 aliphatic heterocycles. The molecule has 16 heavy (non-hydrogen) atoms. The summed E-state index contributed by atoms with van der Waals surface area (Å²) in [6.45, 7) is 2.11. The van der Waals surface area contributed by atoms with E-state index in [0.717, 1.165) is 29.4 Å². The zero-order chi connectivity index (χ0) is 11.5. The van der Waals surface area contributed by atoms with Crippen LogP contribution in [0.25, 0.3) is 11.0 Å². The molecule has 3 heteroatoms. The van der Waals surface area contributed by atoms with Crippen molar-refractivity contribution in [2.75, 3.05) is 0 Å². The molecular weight excluding hydrogens is 202 g/mol. The number of furan rings is 1. The molecule has 0 aliphatic carbocycles. The van der Waals surface area contributed by atoms with Crippen LogP contribution in [0.4, 0.5) is 0 Å². The minimum atomic E-state index is 0.0409. The highest BCUT2D eigenvalue weighted by atomic mass is 16.3. The summed E-state index contributed by atoms with van der Waals surface area (Å²) in [5.74, 6) is 0.358. The molecule has 0 aliphatic rings. The molecule has 2 N–H and O–H groups in total. The van der Waals surface area contributed by atoms with Crippen molar-refractivity contribution >= 4 is 17.3 Å². The van der Waals surface area contributed by atoms with Gasteiger partial charge in [0.1, 0.15) is 5.58 Å². The van der Waals surface area contributed by atoms with Gasteiger partial charge in [0.15, 0.2) is 12.0 Å². The van der Waals surface area contributed by atoms with Crippen LogP contribution in [-0.4, -0.2) is 6.29 Å². The van der Waals surface area contributed by atoms with Gasteiger partial charge in [0.05, 0.1) is 0 Å². The Morgan fingerprint density at radius 2 is 2.25 bits per heavy atom. The second-order valence-electron chi connectivity index (χ2n) is 3.96. The van der Waals surface area contributed by atoms with Crippen LogP contribution in [0.2, 0.25) is 0 Å². The van der Waals surface area contributed by atoms with E-state index in [4.69, 9.17) is 10.2 Å². The van der Waals surface area contributed by atoms with Gasteiger partial charge in [0.25, 0.3) is 0 Å². The molecule has 2 aromatic rings. The Labute approximate surface area is 94.2 Å². The molecule has 1 aromatic heterocycles. The first kappa shape index (κ1) is 10.9. The Hall–Kier alpha value is -1.61. The first-order chi connectivity index (χ1) is 7.74. The largest absolute Gasteiger partial charge is 0.453 e. The van der Waals surface area contributed by atoms with Gasteiger partial charge in [-0.2, -0.15) is 0 Å². The summed E-state index contributed by atoms with van der Waals surface area (Å²) in [6.07, 6.45) is 2.72. The molecule has 1 atom stereocenters. The number of benzene rings is 1. The zero-order valence-corrected chi connectivity index (χ0v) is 9.27. The average molecular weight is 217 g/mol. The van der Waals surface area contributed by atoms with Crippen LogP contribution in [0.15, 0.2) is 28.7 Å². The molecule has 1 unspecified atom stereocenters. The Bertz CT molecular complexity index is 502. The highest BCUT2D eigenvalue weighted by Gasteiger charge is 2.08. The molecule has 2 rings (SSSR count). The highest BCUT2D eigenvalue weighted by molar-refractivity contribution is 5.85. The Morgan fingerprint density at radius 3 is 2.94 bits per heavy atom. The third-order valence-electron chi connectivity index (χ3n) is 2.71. The Kier molecular flexibility index (Phi) is 3.06. The summed E-state index contributed by atoms with van der Waals surface area (Å²) >= 11 is 0. The molecule has 1 aromatic carbocycles. The van der Waals surface area contributed by atoms with Gasteiger partial charge < -0.3 is 10.2 Å². The highest BCUT2D eigenvalue weighted by Crippen LogP contribution is 2.24. The lowest BCUT2D eigenvalue weighted by molar-refractivity contribution is 0.110. The Balaban J connectivity index is 2.38. The molecule has 0 radical (unpaired) electrons. The number of fused-ring (bicyclic) bond motifs is 1. The van der Waals surface area contributed by atoms with Gasteiger partial charge in [-0.3, -0.25) is 4.79 Å². The van der Waals surface area contributed by atoms with Gasteiger partial charge in [-0.1, -0.05) is 25.5 Å². The minimum absolute atomic E-state index is 0.0409. The number of hydrogen-bond donors (Lipinski definition) is 1. The summed E-state index contributed by atoms with van der Waals surface area (Å²) in [7, 11) is 0. The lowest BCUT2D eigenvalue weighted by Crippen LogP contribution is -2.09. The fourth-order valence-electron chi connectivity index (χ4n) is 1.83. The first-order valence-corrected chi connectivity index (χ1v) is 5.49. The van der Waals surface area contributed by atoms with Crippen LogP contribution >= 0.6 is 0 Å². The fourth-order valence-corrected chi connectivity index (χ4v) is 1.83. The molecule has 0 saturated carbocycles. The van der Waals surface area contributed by atoms with E-state index in [9.17, 15) is 4.79 Å². The van der Waals surface area contributed by atoms with E-state index in [0.29, 0.717) is 12.0 Å². The topological polar surface area (TPSA) is 56.2 Å². The quantitative estimate of drug-likeness (QED) is 0.801. The smallest absolute Gasteiger partial charge is 0.185 e. The van der Waals surface area contributed by atoms with Crippen molar-refractivity contribution in [1.82, 2.24) is 0 Å². The molecule has 0 saturated heterocycles. The van der Waals surface area contributed by atoms with Crippen molar-refractivity contribution in [3.63, 3.8) is 0 Å². The Morgan fingerprint density at radius 1 is 1.44 bits per heavy atom. The van der Waals surface area contributed by atoms with Gasteiger partial charge in [-0.05, 0) is 24.1 Å². The van der Waals surface area contributed by atoms with E-state index in [1.165, 1.54) is 0 Å². The minimum Gasteiger partial charge on any atom is -0.453 e. The lowest BCUT2D eigenvalue weighted by Gasteiger charge is -2.09. The molecule has 0 fully saturated rings. The predicted octanol–water partition coefficient (Wildman–Crippen LogP) is 3.05. The average Bonchev–Trinajstić information content (AvgIpc) is 2.70. The van der Waals surface area contributed by atoms with Crippen LogP contribution in [0.5, 0.6) is 0 Å². The molecule has 1 heterocycles. The monoisotopic (exact) mass is 217 g/mol. The number of carbonyl (C=O) groups is 1. The van der Waals surface area contributed by atoms with Crippen molar-refractivity contribution in [3.8, 4) is 0 Å². The summed E-state index contributed by atoms with van der Waals surface area (Å²) in [5.41, 5.74) is 7.81. The van der Waals surface area contributed by atoms with E-state index < -0.39 is 0 Å². The second-order valence-corrected chi connectivity index (χ2v) is 3.96. The third-order valence-corrected chi connectivity index (χ3v) is 2.71. The number of aldehydes is 1. The van der Waals surface area contributed by atoms with Gasteiger partial charge >= 0.3 is 0 Å². The van der Waals surface area contributed by atoms with Crippen molar-refractivity contribution in [2.45, 2.75) is 25.8 Å². The van der Waals surface area contributed by atoms with E-state index in [2.05, 4.69) is 6.92 Å². The van der Waals surface area contributed by atoms with Crippen LogP contribution < -0.4 is 5.73 Å². The summed E-state index contributed by atoms with van der Waals surface area (Å²) < 4.78 is 5.36. The maximum absolute atomic E-state index is 10.6. The SMILES string of the molecule is CCCC(N)c1ccc2cc(C=O)oc2c1. The number of nitrogens with two attached hydrogens (primary N) is 1. The van der Waals surface area contributed by atoms with E-state index in [1.807, 2.05) is 18.2 Å². The van der Waals surface area contributed by atoms with Crippen LogP contribution in [-0.2, 0) is 0 Å². The van der Waals surface area contributed by atoms with E-state index in [-0.39, 0.29) is 6.04 Å². The van der Waals surface area contributed by atoms with Gasteiger partial charge in [0.2, 0.25) is 0 Å². The lowest BCUT2D eigenvalue weighted by atomic mass is 10.0. The molecule has 0 spiro atoms. The van der Waals surface area contributed by atoms with Crippen LogP contribution in [0.3, 0.4) is 0 Å². The summed E-state index contributed by atoms with van der Waals surface area (Å²) in [6, 6.07) is 7.63. The van der Waals surface area contributed by atoms with E-state index in [1.54, 1.807) is 6.07 Å². The molecular formula is C13H15NO2. The van der Waals surface area contributed by atoms with Crippen LogP contribution in [0.1, 0.15) is 41.9 Å². The maximum Gasteiger partial charge on any atom is 0.185 e. The first-order valence-electron chi connectivity index (χ1n) is 5.49. The van der Waals surface area contributed by atoms with Gasteiger partial charge in [-0.15, -0.1) is 0 Å². The third kappa shape index (κ3) is 1.99. The van der Waals surface area contributed by atoms with E-state index >= 15 is 0 Å². The van der Waals surface area contributed by atoms with Crippen molar-refractivity contribution in [3.05, 3.63) is 35.6 Å². The van der Waals surface area contributed by atoms with Crippen molar-refractivity contribution in [2.24, 2.45) is 5.73 Å². The number of hydrogen-bond acceptors (Lipinski definition) is 3. The molecule has 3 nitrogen and oxygen atoms in total. The second kappa shape index (κ2) is 4.49. The van der Waals surface area contributed by atoms with Crippen LogP contribution in [0, 0.1) is 0 Å². The molecule has 0 amide bonds. The number of carbonyl (C=O) groups excluding carboxylic acids is 1. The maximum atomic E-state index is 10.6. The summed E-state index contributed by atoms with van der Waals surface area (Å²) in [4.78, 5) is 10.6. The van der Waals surface area contributed by atoms with Gasteiger partial charge in [0, 0.05) is 11.4 Å². The van der Waals surface area contributed by atoms with Gasteiger partial charge in [-0.25, -0.2) is 0 Å². The number of rotatable bonds is 4.